The predicted molar refractivity (Wildman–Crippen MR) is 126 cm³/mol. The minimum Gasteiger partial charge on any atom is -0.383 e. The van der Waals surface area contributed by atoms with Gasteiger partial charge in [-0.15, -0.1) is 0 Å². The summed E-state index contributed by atoms with van der Waals surface area (Å²) in [5, 5.41) is 5.94. The van der Waals surface area contributed by atoms with Gasteiger partial charge in [0.25, 0.3) is 5.91 Å². The zero-order valence-corrected chi connectivity index (χ0v) is 18.4. The Morgan fingerprint density at radius 2 is 1.88 bits per heavy atom. The second kappa shape index (κ2) is 11.8. The van der Waals surface area contributed by atoms with Gasteiger partial charge in [-0.1, -0.05) is 0 Å². The minimum absolute atomic E-state index is 0.0317. The summed E-state index contributed by atoms with van der Waals surface area (Å²) < 4.78 is 4.88. The number of benzene rings is 1. The highest BCUT2D eigenvalue weighted by atomic mass is 16.5. The van der Waals surface area contributed by atoms with Crippen LogP contribution in [0.2, 0.25) is 0 Å². The molecule has 0 saturated heterocycles. The maximum Gasteiger partial charge on any atom is 0.281 e. The smallest absolute Gasteiger partial charge is 0.281 e. The van der Waals surface area contributed by atoms with E-state index in [1.807, 2.05) is 0 Å². The summed E-state index contributed by atoms with van der Waals surface area (Å²) in [6.07, 6.45) is 3.62. The number of hydrogen-bond acceptors (Lipinski definition) is 9. The van der Waals surface area contributed by atoms with Crippen molar-refractivity contribution in [3.8, 4) is 0 Å². The van der Waals surface area contributed by atoms with Crippen LogP contribution in [0.4, 0.5) is 5.69 Å². The fourth-order valence-electron chi connectivity index (χ4n) is 3.19. The lowest BCUT2D eigenvalue weighted by Gasteiger charge is -2.18. The first-order valence-electron chi connectivity index (χ1n) is 10.7. The van der Waals surface area contributed by atoms with Crippen LogP contribution in [0.3, 0.4) is 0 Å². The molecule has 0 aliphatic carbocycles. The molecule has 2 heterocycles. The molecule has 2 aliphatic heterocycles. The molecule has 0 bridgehead atoms. The van der Waals surface area contributed by atoms with Gasteiger partial charge in [0.15, 0.2) is 17.7 Å². The van der Waals surface area contributed by atoms with Crippen LogP contribution in [-0.4, -0.2) is 74.2 Å². The number of methoxy groups -OCH3 is 1. The van der Waals surface area contributed by atoms with E-state index in [2.05, 4.69) is 30.6 Å². The van der Waals surface area contributed by atoms with Crippen LogP contribution >= 0.6 is 0 Å². The lowest BCUT2D eigenvalue weighted by Crippen LogP contribution is -2.38. The van der Waals surface area contributed by atoms with Gasteiger partial charge >= 0.3 is 0 Å². The number of nitrogens with zero attached hydrogens (tertiary/aromatic N) is 4. The van der Waals surface area contributed by atoms with Crippen molar-refractivity contribution in [1.82, 2.24) is 5.32 Å². The van der Waals surface area contributed by atoms with Gasteiger partial charge in [0.05, 0.1) is 25.1 Å². The first kappa shape index (κ1) is 23.9. The molecule has 3 rings (SSSR count). The van der Waals surface area contributed by atoms with Crippen LogP contribution in [0.15, 0.2) is 44.2 Å². The van der Waals surface area contributed by atoms with E-state index in [1.165, 1.54) is 6.21 Å². The first-order chi connectivity index (χ1) is 16.0. The molecule has 11 heteroatoms. The van der Waals surface area contributed by atoms with Crippen molar-refractivity contribution in [2.24, 2.45) is 25.7 Å². The number of carbonyl (C=O) groups excluding carboxylic acids is 3. The zero-order valence-electron chi connectivity index (χ0n) is 18.4. The Labute approximate surface area is 191 Å². The molecule has 11 nitrogen and oxygen atoms in total. The number of fused-ring (bicyclic) bond motifs is 1. The van der Waals surface area contributed by atoms with Crippen molar-refractivity contribution in [1.29, 1.82) is 0 Å². The molecule has 2 amide bonds. The number of carbonyl (C=O) groups is 3. The molecule has 4 N–H and O–H groups in total. The molecular weight excluding hydrogens is 426 g/mol. The number of ether oxygens (including phenoxy) is 1. The summed E-state index contributed by atoms with van der Waals surface area (Å²) in [7, 11) is 1.58. The van der Waals surface area contributed by atoms with Crippen molar-refractivity contribution in [2.45, 2.75) is 31.7 Å². The highest BCUT2D eigenvalue weighted by Crippen LogP contribution is 2.14. The van der Waals surface area contributed by atoms with E-state index in [9.17, 15) is 14.4 Å². The second-order valence-corrected chi connectivity index (χ2v) is 7.46. The number of rotatable bonds is 12. The SMILES string of the molecule is COCCNC(=O)CCCCC(=O)c1ccc(NCC2=NC3C(=O)N=C(N)N=C3N=C2)cc1. The Bertz CT molecular complexity index is 1010. The number of nitrogens with two attached hydrogens (primary N) is 1. The molecule has 0 saturated carbocycles. The summed E-state index contributed by atoms with van der Waals surface area (Å²) in [6.45, 7) is 1.32. The van der Waals surface area contributed by atoms with Gasteiger partial charge in [-0.2, -0.15) is 9.98 Å². The maximum absolute atomic E-state index is 12.4. The largest absolute Gasteiger partial charge is 0.383 e. The molecule has 1 atom stereocenters. The summed E-state index contributed by atoms with van der Waals surface area (Å²) in [5.41, 5.74) is 7.46. The fourth-order valence-corrected chi connectivity index (χ4v) is 3.19. The highest BCUT2D eigenvalue weighted by molar-refractivity contribution is 6.38. The van der Waals surface area contributed by atoms with Gasteiger partial charge in [-0.25, -0.2) is 4.99 Å². The molecule has 0 aromatic heterocycles. The Morgan fingerprint density at radius 1 is 1.12 bits per heavy atom. The lowest BCUT2D eigenvalue weighted by molar-refractivity contribution is -0.121. The van der Waals surface area contributed by atoms with Crippen molar-refractivity contribution >= 4 is 47.0 Å². The number of nitrogens with one attached hydrogen (secondary N) is 2. The second-order valence-electron chi connectivity index (χ2n) is 7.46. The highest BCUT2D eigenvalue weighted by Gasteiger charge is 2.30. The number of amides is 2. The van der Waals surface area contributed by atoms with E-state index in [1.54, 1.807) is 31.4 Å². The molecule has 2 aliphatic rings. The Morgan fingerprint density at radius 3 is 2.64 bits per heavy atom. The van der Waals surface area contributed by atoms with Crippen molar-refractivity contribution in [2.75, 3.05) is 32.1 Å². The van der Waals surface area contributed by atoms with E-state index in [0.717, 1.165) is 5.69 Å². The van der Waals surface area contributed by atoms with E-state index < -0.39 is 11.9 Å². The molecule has 33 heavy (non-hydrogen) atoms. The topological polar surface area (TPSA) is 160 Å². The van der Waals surface area contributed by atoms with E-state index in [4.69, 9.17) is 10.5 Å². The Hall–Kier alpha value is -3.73. The predicted octanol–water partition coefficient (Wildman–Crippen LogP) is 0.752. The maximum atomic E-state index is 12.4. The third-order valence-electron chi connectivity index (χ3n) is 4.94. The normalized spacial score (nSPS) is 16.9. The third-order valence-corrected chi connectivity index (χ3v) is 4.94. The number of anilines is 1. The fraction of sp³-hybridized carbons (Fsp3) is 0.409. The number of unbranched alkanes of at least 4 members (excludes halogenated alkanes) is 1. The lowest BCUT2D eigenvalue weighted by atomic mass is 10.0. The van der Waals surface area contributed by atoms with Crippen molar-refractivity contribution in [3.05, 3.63) is 29.8 Å². The molecule has 1 aromatic carbocycles. The first-order valence-corrected chi connectivity index (χ1v) is 10.7. The molecule has 0 fully saturated rings. The number of guanidine groups is 1. The molecule has 0 spiro atoms. The average Bonchev–Trinajstić information content (AvgIpc) is 2.81. The molecule has 174 valence electrons. The van der Waals surface area contributed by atoms with Crippen LogP contribution < -0.4 is 16.4 Å². The molecule has 0 radical (unpaired) electrons. The van der Waals surface area contributed by atoms with Crippen molar-refractivity contribution < 1.29 is 19.1 Å². The Kier molecular flexibility index (Phi) is 8.53. The summed E-state index contributed by atoms with van der Waals surface area (Å²) in [4.78, 5) is 51.9. The zero-order chi connectivity index (χ0) is 23.6. The molecule has 1 unspecified atom stereocenters. The van der Waals surface area contributed by atoms with Crippen molar-refractivity contribution in [3.63, 3.8) is 0 Å². The van der Waals surface area contributed by atoms with Gasteiger partial charge in [0.2, 0.25) is 11.9 Å². The van der Waals surface area contributed by atoms with Crippen LogP contribution in [0.5, 0.6) is 0 Å². The van der Waals surface area contributed by atoms with E-state index in [-0.39, 0.29) is 23.5 Å². The van der Waals surface area contributed by atoms with Crippen LogP contribution in [0.1, 0.15) is 36.0 Å². The number of amidine groups is 1. The minimum atomic E-state index is -0.851. The van der Waals surface area contributed by atoms with Gasteiger partial charge in [-0.3, -0.25) is 19.4 Å². The van der Waals surface area contributed by atoms with E-state index >= 15 is 0 Å². The Balaban J connectivity index is 1.40. The van der Waals surface area contributed by atoms with Crippen LogP contribution in [0.25, 0.3) is 0 Å². The molecule has 1 aromatic rings. The number of ketones is 1. The van der Waals surface area contributed by atoms with Crippen LogP contribution in [0, 0.1) is 0 Å². The average molecular weight is 454 g/mol. The van der Waals surface area contributed by atoms with E-state index in [0.29, 0.717) is 56.7 Å². The van der Waals surface area contributed by atoms with Gasteiger partial charge in [-0.05, 0) is 37.1 Å². The number of Topliss-reactive ketones (excluding diaryl/α,β-unsaturated/α-hetero) is 1. The van der Waals surface area contributed by atoms with Gasteiger partial charge in [0.1, 0.15) is 0 Å². The number of hydrogen-bond donors (Lipinski definition) is 3. The number of aliphatic imine (C=N–C) groups is 4. The third kappa shape index (κ3) is 7.14. The standard InChI is InChI=1S/C22H27N7O4/c1-33-11-10-24-18(31)5-3-2-4-17(30)14-6-8-15(9-7-14)25-12-16-13-26-20-19(27-16)21(32)29-22(23)28-20/h6-9,13,19,25H,2-5,10-12H2,1H3,(H,24,31)(H2,23,29,32). The van der Waals surface area contributed by atoms with Gasteiger partial charge < -0.3 is 21.1 Å². The molecular formula is C22H27N7O4. The summed E-state index contributed by atoms with van der Waals surface area (Å²) in [6, 6.07) is 6.27. The van der Waals surface area contributed by atoms with Crippen LogP contribution in [-0.2, 0) is 14.3 Å². The summed E-state index contributed by atoms with van der Waals surface area (Å²) >= 11 is 0. The quantitative estimate of drug-likeness (QED) is 0.313. The van der Waals surface area contributed by atoms with Gasteiger partial charge in [0, 0.05) is 37.7 Å². The monoisotopic (exact) mass is 453 g/mol. The summed E-state index contributed by atoms with van der Waals surface area (Å²) in [5.74, 6) is -0.353.